The van der Waals surface area contributed by atoms with Gasteiger partial charge in [0.1, 0.15) is 5.69 Å². The van der Waals surface area contributed by atoms with Gasteiger partial charge < -0.3 is 0 Å². The minimum atomic E-state index is 0.508. The summed E-state index contributed by atoms with van der Waals surface area (Å²) in [4.78, 5) is 1.47. The summed E-state index contributed by atoms with van der Waals surface area (Å²) in [6.07, 6.45) is 0.508. The molecule has 0 aromatic heterocycles. The van der Waals surface area contributed by atoms with Crippen LogP contribution in [-0.4, -0.2) is 6.17 Å². The highest BCUT2D eigenvalue weighted by molar-refractivity contribution is 5.55. The topological polar surface area (TPSA) is 21.1 Å². The van der Waals surface area contributed by atoms with Gasteiger partial charge in [0.25, 0.3) is 0 Å². The molecule has 2 atom stereocenters. The number of quaternary nitrogens is 2. The SMILES string of the molecule is Cc1ccccc1[NH+]1c2ccccc2[NH2+]C1C. The van der Waals surface area contributed by atoms with E-state index in [2.05, 4.69) is 67.7 Å². The largest absolute Gasteiger partial charge is 0.260 e. The smallest absolute Gasteiger partial charge is 0.223 e. The van der Waals surface area contributed by atoms with Crippen molar-refractivity contribution >= 4 is 17.1 Å². The Kier molecular flexibility index (Phi) is 2.46. The Morgan fingerprint density at radius 2 is 1.59 bits per heavy atom. The van der Waals surface area contributed by atoms with Crippen LogP contribution in [-0.2, 0) is 0 Å². The molecule has 2 nitrogen and oxygen atoms in total. The summed E-state index contributed by atoms with van der Waals surface area (Å²) in [6, 6.07) is 17.3. The standard InChI is InChI=1S/C15H16N2/c1-11-7-3-5-9-14(11)17-12(2)16-13-8-4-6-10-15(13)17/h3-10,12,16H,1-2H3/p+2. The van der Waals surface area contributed by atoms with E-state index in [0.29, 0.717) is 6.17 Å². The minimum Gasteiger partial charge on any atom is -0.260 e. The molecule has 0 spiro atoms. The summed E-state index contributed by atoms with van der Waals surface area (Å²) in [5.74, 6) is 0. The lowest BCUT2D eigenvalue weighted by molar-refractivity contribution is -0.904. The monoisotopic (exact) mass is 226 g/mol. The van der Waals surface area contributed by atoms with Crippen LogP contribution in [0.2, 0.25) is 0 Å². The molecule has 86 valence electrons. The summed E-state index contributed by atoms with van der Waals surface area (Å²) in [7, 11) is 0. The van der Waals surface area contributed by atoms with Gasteiger partial charge in [-0.25, -0.2) is 4.90 Å². The number of aryl methyl sites for hydroxylation is 1. The fourth-order valence-electron chi connectivity index (χ4n) is 2.75. The number of para-hydroxylation sites is 3. The zero-order valence-electron chi connectivity index (χ0n) is 10.3. The van der Waals surface area contributed by atoms with Gasteiger partial charge in [0.15, 0.2) is 5.69 Å². The van der Waals surface area contributed by atoms with Crippen LogP contribution in [0.15, 0.2) is 48.5 Å². The third-order valence-electron chi connectivity index (χ3n) is 3.57. The molecule has 0 aliphatic carbocycles. The van der Waals surface area contributed by atoms with Crippen molar-refractivity contribution in [2.75, 3.05) is 0 Å². The second kappa shape index (κ2) is 3.99. The number of nitrogens with one attached hydrogen (secondary N) is 1. The van der Waals surface area contributed by atoms with Crippen molar-refractivity contribution in [3.63, 3.8) is 0 Å². The first kappa shape index (κ1) is 10.5. The second-order valence-electron chi connectivity index (χ2n) is 4.77. The number of nitrogens with two attached hydrogens (primary N) is 1. The van der Waals surface area contributed by atoms with E-state index in [0.717, 1.165) is 0 Å². The predicted molar refractivity (Wildman–Crippen MR) is 69.0 cm³/mol. The second-order valence-corrected chi connectivity index (χ2v) is 4.77. The van der Waals surface area contributed by atoms with Gasteiger partial charge in [-0.2, -0.15) is 0 Å². The molecule has 0 saturated heterocycles. The van der Waals surface area contributed by atoms with Crippen LogP contribution < -0.4 is 10.2 Å². The Labute approximate surface area is 102 Å². The predicted octanol–water partition coefficient (Wildman–Crippen LogP) is 1.40. The minimum absolute atomic E-state index is 0.508. The lowest BCUT2D eigenvalue weighted by Gasteiger charge is -2.16. The molecule has 2 unspecified atom stereocenters. The molecule has 2 heteroatoms. The Hall–Kier alpha value is -1.64. The molecule has 3 rings (SSSR count). The van der Waals surface area contributed by atoms with E-state index in [9.17, 15) is 0 Å². The van der Waals surface area contributed by atoms with Gasteiger partial charge in [-0.1, -0.05) is 30.3 Å². The first-order valence-electron chi connectivity index (χ1n) is 6.14. The van der Waals surface area contributed by atoms with Gasteiger partial charge >= 0.3 is 0 Å². The van der Waals surface area contributed by atoms with Gasteiger partial charge in [0.2, 0.25) is 11.9 Å². The summed E-state index contributed by atoms with van der Waals surface area (Å²) in [5, 5.41) is 2.36. The summed E-state index contributed by atoms with van der Waals surface area (Å²) >= 11 is 0. The Morgan fingerprint density at radius 3 is 2.35 bits per heavy atom. The van der Waals surface area contributed by atoms with E-state index in [1.54, 1.807) is 0 Å². The average molecular weight is 226 g/mol. The molecule has 1 heterocycles. The first-order valence-corrected chi connectivity index (χ1v) is 6.14. The molecular formula is C15H18N2+2. The number of benzene rings is 2. The fourth-order valence-corrected chi connectivity index (χ4v) is 2.75. The summed E-state index contributed by atoms with van der Waals surface area (Å²) in [6.45, 7) is 4.47. The fraction of sp³-hybridized carbons (Fsp3) is 0.200. The Bertz CT molecular complexity index is 548. The van der Waals surface area contributed by atoms with Crippen LogP contribution in [0, 0.1) is 6.92 Å². The molecule has 1 aliphatic rings. The van der Waals surface area contributed by atoms with Crippen LogP contribution in [0.25, 0.3) is 0 Å². The van der Waals surface area contributed by atoms with Crippen LogP contribution in [0.3, 0.4) is 0 Å². The number of hydrogen-bond donors (Lipinski definition) is 2. The van der Waals surface area contributed by atoms with Gasteiger partial charge in [0, 0.05) is 24.6 Å². The van der Waals surface area contributed by atoms with E-state index in [-0.39, 0.29) is 0 Å². The lowest BCUT2D eigenvalue weighted by atomic mass is 10.1. The highest BCUT2D eigenvalue weighted by atomic mass is 15.3. The zero-order valence-corrected chi connectivity index (χ0v) is 10.3. The summed E-state index contributed by atoms with van der Waals surface area (Å²) in [5.41, 5.74) is 5.52. The third kappa shape index (κ3) is 1.66. The van der Waals surface area contributed by atoms with Crippen LogP contribution in [0.1, 0.15) is 12.5 Å². The molecule has 3 N–H and O–H groups in total. The molecule has 0 radical (unpaired) electrons. The average Bonchev–Trinajstić information content (AvgIpc) is 2.66. The molecule has 1 aliphatic heterocycles. The molecule has 0 bridgehead atoms. The maximum atomic E-state index is 2.36. The van der Waals surface area contributed by atoms with E-state index in [1.807, 2.05) is 0 Å². The van der Waals surface area contributed by atoms with E-state index in [4.69, 9.17) is 0 Å². The van der Waals surface area contributed by atoms with E-state index >= 15 is 0 Å². The van der Waals surface area contributed by atoms with Crippen molar-refractivity contribution in [2.45, 2.75) is 20.0 Å². The van der Waals surface area contributed by atoms with Crippen molar-refractivity contribution in [1.82, 2.24) is 0 Å². The quantitative estimate of drug-likeness (QED) is 0.686. The van der Waals surface area contributed by atoms with Gasteiger partial charge in [-0.15, -0.1) is 0 Å². The van der Waals surface area contributed by atoms with Gasteiger partial charge in [-0.3, -0.25) is 5.32 Å². The van der Waals surface area contributed by atoms with Gasteiger partial charge in [0.05, 0.1) is 0 Å². The highest BCUT2D eigenvalue weighted by Crippen LogP contribution is 2.20. The highest BCUT2D eigenvalue weighted by Gasteiger charge is 2.36. The third-order valence-corrected chi connectivity index (χ3v) is 3.57. The maximum absolute atomic E-state index is 2.36. The molecule has 0 amide bonds. The van der Waals surface area contributed by atoms with Crippen LogP contribution in [0.5, 0.6) is 0 Å². The van der Waals surface area contributed by atoms with Crippen molar-refractivity contribution in [2.24, 2.45) is 0 Å². The molecule has 2 aromatic carbocycles. The van der Waals surface area contributed by atoms with Crippen molar-refractivity contribution in [1.29, 1.82) is 0 Å². The van der Waals surface area contributed by atoms with E-state index in [1.165, 1.54) is 27.5 Å². The normalized spacial score (nSPS) is 22.5. The van der Waals surface area contributed by atoms with Gasteiger partial charge in [-0.05, 0) is 13.0 Å². The molecule has 2 aromatic rings. The first-order chi connectivity index (χ1) is 8.27. The molecule has 0 fully saturated rings. The Morgan fingerprint density at radius 1 is 0.941 bits per heavy atom. The molecule has 0 saturated carbocycles. The molecular weight excluding hydrogens is 208 g/mol. The lowest BCUT2D eigenvalue weighted by Crippen LogP contribution is -3.14. The number of fused-ring (bicyclic) bond motifs is 1. The van der Waals surface area contributed by atoms with Crippen LogP contribution >= 0.6 is 0 Å². The molecule has 17 heavy (non-hydrogen) atoms. The van der Waals surface area contributed by atoms with Crippen molar-refractivity contribution in [3.8, 4) is 0 Å². The number of hydrogen-bond acceptors (Lipinski definition) is 0. The summed E-state index contributed by atoms with van der Waals surface area (Å²) < 4.78 is 0. The van der Waals surface area contributed by atoms with Crippen molar-refractivity contribution < 1.29 is 10.2 Å². The number of rotatable bonds is 1. The zero-order chi connectivity index (χ0) is 11.8. The Balaban J connectivity index is 2.13. The van der Waals surface area contributed by atoms with E-state index < -0.39 is 0 Å². The van der Waals surface area contributed by atoms with Crippen LogP contribution in [0.4, 0.5) is 17.1 Å². The maximum Gasteiger partial charge on any atom is 0.223 e. The van der Waals surface area contributed by atoms with Crippen molar-refractivity contribution in [3.05, 3.63) is 54.1 Å².